The smallest absolute Gasteiger partial charge is 0.277 e. The maximum Gasteiger partial charge on any atom is 0.277 e. The predicted molar refractivity (Wildman–Crippen MR) is 130 cm³/mol. The lowest BCUT2D eigenvalue weighted by Crippen LogP contribution is -2.26. The van der Waals surface area contributed by atoms with Crippen LogP contribution in [0.2, 0.25) is 0 Å². The van der Waals surface area contributed by atoms with Gasteiger partial charge < -0.3 is 9.30 Å². The summed E-state index contributed by atoms with van der Waals surface area (Å²) in [5, 5.41) is 9.34. The number of thiazole rings is 1. The largest absolute Gasteiger partial charge is 0.497 e. The molecule has 0 aliphatic carbocycles. The summed E-state index contributed by atoms with van der Waals surface area (Å²) in [6.45, 7) is 6.51. The van der Waals surface area contributed by atoms with Gasteiger partial charge in [-0.2, -0.15) is 5.10 Å². The summed E-state index contributed by atoms with van der Waals surface area (Å²) < 4.78 is 8.72. The molecule has 0 spiro atoms. The van der Waals surface area contributed by atoms with Crippen LogP contribution in [0.4, 0.5) is 5.13 Å². The average molecular weight is 464 g/mol. The number of ether oxygens (including phenoxy) is 1. The third kappa shape index (κ3) is 4.58. The minimum Gasteiger partial charge on any atom is -0.497 e. The second-order valence-corrected chi connectivity index (χ2v) is 8.45. The van der Waals surface area contributed by atoms with Crippen LogP contribution >= 0.6 is 11.3 Å². The lowest BCUT2D eigenvalue weighted by molar-refractivity contribution is 0.101. The Morgan fingerprint density at radius 2 is 1.91 bits per heavy atom. The molecule has 4 aromatic rings. The molecule has 0 saturated heterocycles. The fourth-order valence-corrected chi connectivity index (χ4v) is 4.41. The van der Waals surface area contributed by atoms with Crippen LogP contribution in [0.5, 0.6) is 5.75 Å². The molecule has 0 unspecified atom stereocenters. The number of hydrogen-bond acceptors (Lipinski definition) is 6. The molecule has 0 aliphatic heterocycles. The molecule has 9 heteroatoms. The van der Waals surface area contributed by atoms with E-state index in [0.717, 1.165) is 40.5 Å². The second-order valence-electron chi connectivity index (χ2n) is 7.59. The van der Waals surface area contributed by atoms with Crippen molar-refractivity contribution in [3.05, 3.63) is 75.3 Å². The van der Waals surface area contributed by atoms with E-state index in [9.17, 15) is 9.59 Å². The molecule has 0 saturated carbocycles. The lowest BCUT2D eigenvalue weighted by Gasteiger charge is -2.10. The minimum atomic E-state index is -0.399. The molecule has 4 rings (SSSR count). The van der Waals surface area contributed by atoms with Crippen LogP contribution in [0.25, 0.3) is 16.9 Å². The number of aromatic nitrogens is 4. The highest BCUT2D eigenvalue weighted by atomic mass is 32.1. The highest BCUT2D eigenvalue weighted by Gasteiger charge is 2.17. The SMILES string of the molecule is CCCn1nc(C(=O)Nc2nc(-c3cc(C)n(-c4ccc(OC)cc4)c3C)cs2)ccc1=O. The highest BCUT2D eigenvalue weighted by molar-refractivity contribution is 7.14. The van der Waals surface area contributed by atoms with Crippen molar-refractivity contribution >= 4 is 22.4 Å². The number of aryl methyl sites for hydroxylation is 2. The van der Waals surface area contributed by atoms with Crippen LogP contribution < -0.4 is 15.6 Å². The highest BCUT2D eigenvalue weighted by Crippen LogP contribution is 2.32. The van der Waals surface area contributed by atoms with Crippen molar-refractivity contribution in [3.63, 3.8) is 0 Å². The Bertz CT molecular complexity index is 1350. The first-order valence-electron chi connectivity index (χ1n) is 10.6. The summed E-state index contributed by atoms with van der Waals surface area (Å²) in [5.74, 6) is 0.408. The zero-order chi connectivity index (χ0) is 23.5. The van der Waals surface area contributed by atoms with Gasteiger partial charge >= 0.3 is 0 Å². The van der Waals surface area contributed by atoms with Crippen LogP contribution in [0, 0.1) is 13.8 Å². The van der Waals surface area contributed by atoms with E-state index in [-0.39, 0.29) is 11.3 Å². The Morgan fingerprint density at radius 3 is 2.61 bits per heavy atom. The van der Waals surface area contributed by atoms with Crippen molar-refractivity contribution in [1.82, 2.24) is 19.3 Å². The number of hydrogen-bond donors (Lipinski definition) is 1. The molecule has 0 atom stereocenters. The van der Waals surface area contributed by atoms with Gasteiger partial charge in [0.2, 0.25) is 0 Å². The zero-order valence-corrected chi connectivity index (χ0v) is 19.8. The summed E-state index contributed by atoms with van der Waals surface area (Å²) in [6, 6.07) is 12.8. The number of nitrogens with one attached hydrogen (secondary N) is 1. The number of nitrogens with zero attached hydrogens (tertiary/aromatic N) is 4. The van der Waals surface area contributed by atoms with Gasteiger partial charge in [-0.25, -0.2) is 9.67 Å². The van der Waals surface area contributed by atoms with Gasteiger partial charge in [0.15, 0.2) is 5.13 Å². The maximum absolute atomic E-state index is 12.7. The van der Waals surface area contributed by atoms with E-state index < -0.39 is 5.91 Å². The molecule has 0 bridgehead atoms. The van der Waals surface area contributed by atoms with Gasteiger partial charge in [0, 0.05) is 40.6 Å². The molecular weight excluding hydrogens is 438 g/mol. The van der Waals surface area contributed by atoms with Crippen LogP contribution in [0.15, 0.2) is 52.6 Å². The van der Waals surface area contributed by atoms with Crippen molar-refractivity contribution in [2.45, 2.75) is 33.7 Å². The summed E-state index contributed by atoms with van der Waals surface area (Å²) >= 11 is 1.34. The minimum absolute atomic E-state index is 0.178. The van der Waals surface area contributed by atoms with Gasteiger partial charge in [-0.05, 0) is 56.7 Å². The van der Waals surface area contributed by atoms with Crippen LogP contribution in [-0.2, 0) is 6.54 Å². The van der Waals surface area contributed by atoms with Gasteiger partial charge in [-0.1, -0.05) is 6.92 Å². The molecule has 3 aromatic heterocycles. The van der Waals surface area contributed by atoms with E-state index in [1.54, 1.807) is 7.11 Å². The number of rotatable bonds is 7. The van der Waals surface area contributed by atoms with Crippen LogP contribution in [0.3, 0.4) is 0 Å². The molecule has 33 heavy (non-hydrogen) atoms. The Balaban J connectivity index is 1.57. The third-order valence-electron chi connectivity index (χ3n) is 5.30. The van der Waals surface area contributed by atoms with Crippen molar-refractivity contribution in [3.8, 4) is 22.7 Å². The van der Waals surface area contributed by atoms with Crippen molar-refractivity contribution in [2.75, 3.05) is 12.4 Å². The molecule has 3 heterocycles. The van der Waals surface area contributed by atoms with Gasteiger partial charge in [0.05, 0.1) is 12.8 Å². The fourth-order valence-electron chi connectivity index (χ4n) is 3.71. The summed E-state index contributed by atoms with van der Waals surface area (Å²) in [7, 11) is 1.65. The van der Waals surface area contributed by atoms with E-state index in [0.29, 0.717) is 11.7 Å². The predicted octanol–water partition coefficient (Wildman–Crippen LogP) is 4.45. The van der Waals surface area contributed by atoms with Crippen LogP contribution in [0.1, 0.15) is 35.2 Å². The zero-order valence-electron chi connectivity index (χ0n) is 19.0. The van der Waals surface area contributed by atoms with E-state index >= 15 is 0 Å². The Hall–Kier alpha value is -3.72. The topological polar surface area (TPSA) is 91.0 Å². The van der Waals surface area contributed by atoms with Gasteiger partial charge in [-0.3, -0.25) is 14.9 Å². The van der Waals surface area contributed by atoms with Gasteiger partial charge in [0.25, 0.3) is 11.5 Å². The molecule has 170 valence electrons. The van der Waals surface area contributed by atoms with E-state index in [4.69, 9.17) is 4.74 Å². The fraction of sp³-hybridized carbons (Fsp3) is 0.250. The molecule has 1 aromatic carbocycles. The summed E-state index contributed by atoms with van der Waals surface area (Å²) in [6.07, 6.45) is 0.753. The Labute approximate surface area is 195 Å². The van der Waals surface area contributed by atoms with Crippen molar-refractivity contribution in [1.29, 1.82) is 0 Å². The lowest BCUT2D eigenvalue weighted by atomic mass is 10.2. The molecule has 0 radical (unpaired) electrons. The van der Waals surface area contributed by atoms with E-state index in [1.165, 1.54) is 28.2 Å². The average Bonchev–Trinajstić information content (AvgIpc) is 3.39. The number of amides is 1. The summed E-state index contributed by atoms with van der Waals surface area (Å²) in [5.41, 5.74) is 4.90. The number of methoxy groups -OCH3 is 1. The molecule has 0 fully saturated rings. The number of carbonyl (C=O) groups is 1. The molecular formula is C24H25N5O3S. The monoisotopic (exact) mass is 463 g/mol. The van der Waals surface area contributed by atoms with E-state index in [1.807, 2.05) is 50.4 Å². The maximum atomic E-state index is 12.7. The second kappa shape index (κ2) is 9.41. The van der Waals surface area contributed by atoms with Crippen molar-refractivity contribution < 1.29 is 9.53 Å². The van der Waals surface area contributed by atoms with Gasteiger partial charge in [0.1, 0.15) is 11.4 Å². The first kappa shape index (κ1) is 22.5. The Kier molecular flexibility index (Phi) is 6.41. The quantitative estimate of drug-likeness (QED) is 0.437. The molecule has 1 N–H and O–H groups in total. The first-order valence-corrected chi connectivity index (χ1v) is 11.5. The number of benzene rings is 1. The molecule has 1 amide bonds. The first-order chi connectivity index (χ1) is 15.9. The number of anilines is 1. The molecule has 0 aliphatic rings. The molecule has 8 nitrogen and oxygen atoms in total. The normalized spacial score (nSPS) is 10.9. The number of carbonyl (C=O) groups excluding carboxylic acids is 1. The van der Waals surface area contributed by atoms with Crippen LogP contribution in [-0.4, -0.2) is 32.3 Å². The third-order valence-corrected chi connectivity index (χ3v) is 6.05. The van der Waals surface area contributed by atoms with E-state index in [2.05, 4.69) is 26.0 Å². The van der Waals surface area contributed by atoms with Crippen molar-refractivity contribution in [2.24, 2.45) is 0 Å². The Morgan fingerprint density at radius 1 is 1.15 bits per heavy atom. The van der Waals surface area contributed by atoms with Gasteiger partial charge in [-0.15, -0.1) is 11.3 Å². The standard InChI is InChI=1S/C24H25N5O3S/c1-5-12-28-22(30)11-10-20(27-28)23(31)26-24-25-21(14-33-24)19-13-15(2)29(16(19)3)17-6-8-18(32-4)9-7-17/h6-11,13-14H,5,12H2,1-4H3,(H,25,26,31). The summed E-state index contributed by atoms with van der Waals surface area (Å²) in [4.78, 5) is 29.1.